The summed E-state index contributed by atoms with van der Waals surface area (Å²) in [6.45, 7) is 0. The molecule has 1 aliphatic rings. The Hall–Kier alpha value is 0.170. The van der Waals surface area contributed by atoms with E-state index in [1.54, 1.807) is 11.8 Å². The van der Waals surface area contributed by atoms with E-state index in [2.05, 4.69) is 0 Å². The average Bonchev–Trinajstić information content (AvgIpc) is 1.93. The summed E-state index contributed by atoms with van der Waals surface area (Å²) in [5.74, 6) is 1.40. The standard InChI is InChI=1S/C7H12F2OS/c8-7(9)3-5-4-11-2-1-6(5)10/h5-7,10H,1-4H2. The van der Waals surface area contributed by atoms with Crippen molar-refractivity contribution in [1.29, 1.82) is 0 Å². The van der Waals surface area contributed by atoms with Crippen LogP contribution in [-0.2, 0) is 0 Å². The van der Waals surface area contributed by atoms with Gasteiger partial charge in [0.1, 0.15) is 0 Å². The maximum absolute atomic E-state index is 11.9. The first-order valence-corrected chi connectivity index (χ1v) is 4.89. The molecule has 0 aromatic carbocycles. The first kappa shape index (κ1) is 9.26. The zero-order valence-corrected chi connectivity index (χ0v) is 6.99. The Bertz CT molecular complexity index is 121. The minimum Gasteiger partial charge on any atom is -0.393 e. The number of aliphatic hydroxyl groups is 1. The Balaban J connectivity index is 2.29. The van der Waals surface area contributed by atoms with Crippen molar-refractivity contribution in [2.24, 2.45) is 5.92 Å². The molecule has 0 aromatic heterocycles. The van der Waals surface area contributed by atoms with Gasteiger partial charge in [-0.25, -0.2) is 8.78 Å². The van der Waals surface area contributed by atoms with Gasteiger partial charge in [0.25, 0.3) is 0 Å². The molecule has 0 aliphatic carbocycles. The number of alkyl halides is 2. The van der Waals surface area contributed by atoms with E-state index in [1.807, 2.05) is 0 Å². The van der Waals surface area contributed by atoms with Gasteiger partial charge in [0.15, 0.2) is 0 Å². The van der Waals surface area contributed by atoms with Crippen LogP contribution in [0.5, 0.6) is 0 Å². The lowest BCUT2D eigenvalue weighted by Gasteiger charge is -2.26. The third-order valence-electron chi connectivity index (χ3n) is 1.91. The van der Waals surface area contributed by atoms with Crippen molar-refractivity contribution in [3.05, 3.63) is 0 Å². The second-order valence-corrected chi connectivity index (χ2v) is 3.97. The fraction of sp³-hybridized carbons (Fsp3) is 1.00. The molecule has 0 bridgehead atoms. The minimum atomic E-state index is -2.27. The van der Waals surface area contributed by atoms with Gasteiger partial charge in [0, 0.05) is 6.42 Å². The molecule has 2 atom stereocenters. The van der Waals surface area contributed by atoms with Crippen molar-refractivity contribution in [3.63, 3.8) is 0 Å². The summed E-state index contributed by atoms with van der Waals surface area (Å²) in [6, 6.07) is 0. The summed E-state index contributed by atoms with van der Waals surface area (Å²) in [6.07, 6.45) is -2.24. The smallest absolute Gasteiger partial charge is 0.239 e. The van der Waals surface area contributed by atoms with Gasteiger partial charge in [-0.3, -0.25) is 0 Å². The van der Waals surface area contributed by atoms with E-state index < -0.39 is 12.5 Å². The zero-order valence-electron chi connectivity index (χ0n) is 6.17. The highest BCUT2D eigenvalue weighted by atomic mass is 32.2. The molecule has 11 heavy (non-hydrogen) atoms. The van der Waals surface area contributed by atoms with Crippen molar-refractivity contribution >= 4 is 11.8 Å². The first-order chi connectivity index (χ1) is 5.20. The highest BCUT2D eigenvalue weighted by molar-refractivity contribution is 7.99. The SMILES string of the molecule is OC1CCSCC1CC(F)F. The Morgan fingerprint density at radius 1 is 1.55 bits per heavy atom. The van der Waals surface area contributed by atoms with E-state index >= 15 is 0 Å². The van der Waals surface area contributed by atoms with Gasteiger partial charge in [-0.15, -0.1) is 0 Å². The molecular formula is C7H12F2OS. The lowest BCUT2D eigenvalue weighted by molar-refractivity contribution is 0.0534. The quantitative estimate of drug-likeness (QED) is 0.702. The van der Waals surface area contributed by atoms with Crippen LogP contribution in [0.25, 0.3) is 0 Å². The summed E-state index contributed by atoms with van der Waals surface area (Å²) in [7, 11) is 0. The van der Waals surface area contributed by atoms with Crippen molar-refractivity contribution in [3.8, 4) is 0 Å². The van der Waals surface area contributed by atoms with Gasteiger partial charge < -0.3 is 5.11 Å². The van der Waals surface area contributed by atoms with Crippen LogP contribution in [0, 0.1) is 5.92 Å². The molecule has 0 spiro atoms. The van der Waals surface area contributed by atoms with Crippen LogP contribution in [0.4, 0.5) is 8.78 Å². The van der Waals surface area contributed by atoms with Crippen LogP contribution in [0.15, 0.2) is 0 Å². The first-order valence-electron chi connectivity index (χ1n) is 3.74. The van der Waals surface area contributed by atoms with E-state index in [1.165, 1.54) is 0 Å². The number of aliphatic hydroxyl groups excluding tert-OH is 1. The third kappa shape index (κ3) is 2.95. The number of rotatable bonds is 2. The minimum absolute atomic E-state index is 0.145. The van der Waals surface area contributed by atoms with Crippen LogP contribution < -0.4 is 0 Å². The molecular weight excluding hydrogens is 170 g/mol. The lowest BCUT2D eigenvalue weighted by atomic mass is 9.99. The number of thioether (sulfide) groups is 1. The Morgan fingerprint density at radius 3 is 2.82 bits per heavy atom. The predicted octanol–water partition coefficient (Wildman–Crippen LogP) is 1.76. The van der Waals surface area contributed by atoms with E-state index in [0.717, 1.165) is 5.75 Å². The largest absolute Gasteiger partial charge is 0.393 e. The summed E-state index contributed by atoms with van der Waals surface area (Å²) < 4.78 is 23.7. The van der Waals surface area contributed by atoms with E-state index in [0.29, 0.717) is 12.2 Å². The fourth-order valence-electron chi connectivity index (χ4n) is 1.24. The molecule has 1 N–H and O–H groups in total. The van der Waals surface area contributed by atoms with Crippen molar-refractivity contribution in [2.75, 3.05) is 11.5 Å². The second kappa shape index (κ2) is 4.26. The lowest BCUT2D eigenvalue weighted by Crippen LogP contribution is -2.29. The highest BCUT2D eigenvalue weighted by Gasteiger charge is 2.25. The molecule has 0 aromatic rings. The molecule has 0 radical (unpaired) electrons. The van der Waals surface area contributed by atoms with Crippen molar-refractivity contribution in [1.82, 2.24) is 0 Å². The molecule has 1 nitrogen and oxygen atoms in total. The molecule has 1 fully saturated rings. The van der Waals surface area contributed by atoms with Crippen LogP contribution in [0.2, 0.25) is 0 Å². The Labute approximate surface area is 69.2 Å². The van der Waals surface area contributed by atoms with Gasteiger partial charge in [0.2, 0.25) is 6.43 Å². The van der Waals surface area contributed by atoms with Gasteiger partial charge >= 0.3 is 0 Å². The number of hydrogen-bond donors (Lipinski definition) is 1. The summed E-state index contributed by atoms with van der Waals surface area (Å²) in [5.41, 5.74) is 0. The average molecular weight is 182 g/mol. The molecule has 66 valence electrons. The fourth-order valence-corrected chi connectivity index (χ4v) is 2.48. The molecule has 4 heteroatoms. The van der Waals surface area contributed by atoms with E-state index in [9.17, 15) is 13.9 Å². The zero-order chi connectivity index (χ0) is 8.27. The van der Waals surface area contributed by atoms with Crippen LogP contribution in [0.1, 0.15) is 12.8 Å². The topological polar surface area (TPSA) is 20.2 Å². The molecule has 1 rings (SSSR count). The summed E-state index contributed by atoms with van der Waals surface area (Å²) in [4.78, 5) is 0. The predicted molar refractivity (Wildman–Crippen MR) is 42.1 cm³/mol. The monoisotopic (exact) mass is 182 g/mol. The number of hydrogen-bond acceptors (Lipinski definition) is 2. The van der Waals surface area contributed by atoms with Crippen LogP contribution in [0.3, 0.4) is 0 Å². The Morgan fingerprint density at radius 2 is 2.27 bits per heavy atom. The summed E-state index contributed by atoms with van der Waals surface area (Å²) in [5, 5.41) is 9.27. The van der Waals surface area contributed by atoms with Crippen LogP contribution >= 0.6 is 11.8 Å². The maximum atomic E-state index is 11.9. The normalized spacial score (nSPS) is 32.7. The number of halogens is 2. The molecule has 0 amide bonds. The van der Waals surface area contributed by atoms with Gasteiger partial charge in [0.05, 0.1) is 6.10 Å². The van der Waals surface area contributed by atoms with E-state index in [4.69, 9.17) is 0 Å². The molecule has 1 aliphatic heterocycles. The molecule has 0 saturated carbocycles. The van der Waals surface area contributed by atoms with Gasteiger partial charge in [-0.2, -0.15) is 11.8 Å². The molecule has 2 unspecified atom stereocenters. The van der Waals surface area contributed by atoms with Crippen LogP contribution in [-0.4, -0.2) is 29.1 Å². The highest BCUT2D eigenvalue weighted by Crippen LogP contribution is 2.27. The van der Waals surface area contributed by atoms with Gasteiger partial charge in [-0.05, 0) is 23.8 Å². The van der Waals surface area contributed by atoms with Crippen molar-refractivity contribution in [2.45, 2.75) is 25.4 Å². The Kier molecular flexibility index (Phi) is 3.59. The molecule has 1 saturated heterocycles. The third-order valence-corrected chi connectivity index (χ3v) is 3.10. The van der Waals surface area contributed by atoms with E-state index in [-0.39, 0.29) is 12.3 Å². The van der Waals surface area contributed by atoms with Gasteiger partial charge in [-0.1, -0.05) is 0 Å². The second-order valence-electron chi connectivity index (χ2n) is 2.82. The van der Waals surface area contributed by atoms with Crippen molar-refractivity contribution < 1.29 is 13.9 Å². The summed E-state index contributed by atoms with van der Waals surface area (Å²) >= 11 is 1.66. The molecule has 1 heterocycles. The maximum Gasteiger partial charge on any atom is 0.239 e.